The lowest BCUT2D eigenvalue weighted by molar-refractivity contribution is -0.120. The Morgan fingerprint density at radius 3 is 2.65 bits per heavy atom. The van der Waals surface area contributed by atoms with Crippen LogP contribution in [0.25, 0.3) is 10.6 Å². The van der Waals surface area contributed by atoms with E-state index in [1.54, 1.807) is 11.3 Å². The van der Waals surface area contributed by atoms with Gasteiger partial charge >= 0.3 is 0 Å². The number of benzene rings is 2. The maximum Gasteiger partial charge on any atom is 0.226 e. The number of aryl methyl sites for hydroxylation is 2. The third kappa shape index (κ3) is 5.09. The second kappa shape index (κ2) is 9.27. The molecule has 0 bridgehead atoms. The molecule has 5 nitrogen and oxygen atoms in total. The van der Waals surface area contributed by atoms with E-state index in [2.05, 4.69) is 53.5 Å². The molecule has 4 aromatic rings. The molecule has 0 atom stereocenters. The molecule has 0 spiro atoms. The average molecular weight is 431 g/mol. The average Bonchev–Trinajstić information content (AvgIpc) is 3.32. The molecule has 2 aromatic heterocycles. The summed E-state index contributed by atoms with van der Waals surface area (Å²) in [5.74, 6) is -0.0318. The van der Waals surface area contributed by atoms with Crippen molar-refractivity contribution < 1.29 is 4.79 Å². The molecule has 0 unspecified atom stereocenters. The molecule has 4 rings (SSSR count). The highest BCUT2D eigenvalue weighted by Crippen LogP contribution is 2.24. The number of carbonyl (C=O) groups excluding carboxylic acids is 1. The molecular weight excluding hydrogens is 404 g/mol. The first-order chi connectivity index (χ1) is 15.0. The maximum absolute atomic E-state index is 12.5. The van der Waals surface area contributed by atoms with Crippen LogP contribution in [0.4, 0.5) is 0 Å². The van der Waals surface area contributed by atoms with Gasteiger partial charge in [-0.05, 0) is 32.4 Å². The summed E-state index contributed by atoms with van der Waals surface area (Å²) < 4.78 is 2.00. The lowest BCUT2D eigenvalue weighted by Crippen LogP contribution is -2.25. The molecule has 158 valence electrons. The number of nitrogens with zero attached hydrogens (tertiary/aromatic N) is 3. The van der Waals surface area contributed by atoms with Crippen LogP contribution in [-0.4, -0.2) is 20.7 Å². The largest absolute Gasteiger partial charge is 0.352 e. The Morgan fingerprint density at radius 2 is 1.87 bits per heavy atom. The summed E-state index contributed by atoms with van der Waals surface area (Å²) in [5.41, 5.74) is 7.40. The second-order valence-electron chi connectivity index (χ2n) is 7.76. The Hall–Kier alpha value is -3.25. The second-order valence-corrected chi connectivity index (χ2v) is 8.62. The van der Waals surface area contributed by atoms with Crippen LogP contribution in [0, 0.1) is 20.8 Å². The van der Waals surface area contributed by atoms with Gasteiger partial charge in [-0.25, -0.2) is 4.98 Å². The van der Waals surface area contributed by atoms with Crippen molar-refractivity contribution in [2.45, 2.75) is 40.3 Å². The Labute approximate surface area is 186 Å². The van der Waals surface area contributed by atoms with Crippen LogP contribution >= 0.6 is 11.3 Å². The first kappa shape index (κ1) is 21.0. The molecule has 1 N–H and O–H groups in total. The van der Waals surface area contributed by atoms with Crippen molar-refractivity contribution >= 4 is 17.2 Å². The van der Waals surface area contributed by atoms with Crippen LogP contribution in [0.15, 0.2) is 60.0 Å². The quantitative estimate of drug-likeness (QED) is 0.456. The summed E-state index contributed by atoms with van der Waals surface area (Å²) >= 11 is 1.57. The molecule has 0 fully saturated rings. The zero-order valence-corrected chi connectivity index (χ0v) is 18.9. The van der Waals surface area contributed by atoms with E-state index in [4.69, 9.17) is 0 Å². The molecule has 1 amide bonds. The van der Waals surface area contributed by atoms with E-state index in [9.17, 15) is 4.79 Å². The summed E-state index contributed by atoms with van der Waals surface area (Å²) in [5, 5.41) is 10.6. The van der Waals surface area contributed by atoms with Gasteiger partial charge in [0.1, 0.15) is 5.01 Å². The number of nitrogens with one attached hydrogen (secondary N) is 1. The fraction of sp³-hybridized carbons (Fsp3) is 0.240. The van der Waals surface area contributed by atoms with E-state index in [0.717, 1.165) is 39.8 Å². The first-order valence-corrected chi connectivity index (χ1v) is 11.2. The van der Waals surface area contributed by atoms with Gasteiger partial charge in [0.2, 0.25) is 5.91 Å². The van der Waals surface area contributed by atoms with Crippen molar-refractivity contribution in [2.75, 3.05) is 0 Å². The molecule has 0 aliphatic rings. The molecular formula is C25H26N4OS. The van der Waals surface area contributed by atoms with Gasteiger partial charge in [-0.15, -0.1) is 11.3 Å². The molecule has 0 radical (unpaired) electrons. The molecule has 31 heavy (non-hydrogen) atoms. The highest BCUT2D eigenvalue weighted by Gasteiger charge is 2.14. The van der Waals surface area contributed by atoms with Crippen molar-refractivity contribution in [1.82, 2.24) is 20.1 Å². The van der Waals surface area contributed by atoms with Gasteiger partial charge in [0.25, 0.3) is 0 Å². The smallest absolute Gasteiger partial charge is 0.226 e. The van der Waals surface area contributed by atoms with E-state index < -0.39 is 0 Å². The minimum atomic E-state index is -0.0318. The van der Waals surface area contributed by atoms with E-state index >= 15 is 0 Å². The third-order valence-electron chi connectivity index (χ3n) is 5.33. The Balaban J connectivity index is 1.37. The molecule has 2 aromatic carbocycles. The third-order valence-corrected chi connectivity index (χ3v) is 6.27. The normalized spacial score (nSPS) is 10.9. The zero-order chi connectivity index (χ0) is 21.8. The monoisotopic (exact) mass is 430 g/mol. The predicted molar refractivity (Wildman–Crippen MR) is 125 cm³/mol. The van der Waals surface area contributed by atoms with Crippen LogP contribution in [0.5, 0.6) is 0 Å². The van der Waals surface area contributed by atoms with Gasteiger partial charge in [0.05, 0.1) is 24.4 Å². The highest BCUT2D eigenvalue weighted by atomic mass is 32.1. The Bertz CT molecular complexity index is 1190. The summed E-state index contributed by atoms with van der Waals surface area (Å²) in [6, 6.07) is 18.5. The number of carbonyl (C=O) groups is 1. The van der Waals surface area contributed by atoms with Crippen molar-refractivity contribution in [1.29, 1.82) is 0 Å². The van der Waals surface area contributed by atoms with Crippen LogP contribution in [0.1, 0.15) is 33.8 Å². The van der Waals surface area contributed by atoms with Crippen LogP contribution in [0.3, 0.4) is 0 Å². The summed E-state index contributed by atoms with van der Waals surface area (Å²) in [4.78, 5) is 17.2. The highest BCUT2D eigenvalue weighted by molar-refractivity contribution is 7.13. The van der Waals surface area contributed by atoms with E-state index in [-0.39, 0.29) is 12.3 Å². The van der Waals surface area contributed by atoms with Crippen molar-refractivity contribution in [3.63, 3.8) is 0 Å². The fourth-order valence-electron chi connectivity index (χ4n) is 3.61. The van der Waals surface area contributed by atoms with Gasteiger partial charge < -0.3 is 5.32 Å². The van der Waals surface area contributed by atoms with Crippen LogP contribution in [-0.2, 0) is 24.3 Å². The lowest BCUT2D eigenvalue weighted by atomic mass is 10.1. The minimum Gasteiger partial charge on any atom is -0.352 e. The SMILES string of the molecule is Cc1cccc(-c2nc(CC(=O)NCc3c(C)nn(Cc4ccccc4)c3C)cs2)c1. The maximum atomic E-state index is 12.5. The van der Waals surface area contributed by atoms with Gasteiger partial charge in [-0.1, -0.05) is 54.1 Å². The number of rotatable bonds is 7. The van der Waals surface area contributed by atoms with Gasteiger partial charge in [0, 0.05) is 28.7 Å². The number of amides is 1. The Kier molecular flexibility index (Phi) is 6.28. The van der Waals surface area contributed by atoms with E-state index in [1.165, 1.54) is 11.1 Å². The summed E-state index contributed by atoms with van der Waals surface area (Å²) in [6.07, 6.45) is 0.276. The molecule has 2 heterocycles. The van der Waals surface area contributed by atoms with Gasteiger partial charge in [-0.2, -0.15) is 5.10 Å². The summed E-state index contributed by atoms with van der Waals surface area (Å²) in [6.45, 7) is 7.31. The molecule has 0 saturated carbocycles. The topological polar surface area (TPSA) is 59.8 Å². The lowest BCUT2D eigenvalue weighted by Gasteiger charge is -2.07. The molecule has 0 saturated heterocycles. The molecule has 0 aliphatic carbocycles. The first-order valence-electron chi connectivity index (χ1n) is 10.3. The molecule has 0 aliphatic heterocycles. The van der Waals surface area contributed by atoms with Crippen molar-refractivity contribution in [3.05, 3.63) is 93.7 Å². The standard InChI is InChI=1S/C25H26N4OS/c1-17-8-7-11-21(12-17)25-27-22(16-31-25)13-24(30)26-14-23-18(2)28-29(19(23)3)15-20-9-5-4-6-10-20/h4-12,16H,13-15H2,1-3H3,(H,26,30). The minimum absolute atomic E-state index is 0.0318. The number of aromatic nitrogens is 3. The summed E-state index contributed by atoms with van der Waals surface area (Å²) in [7, 11) is 0. The zero-order valence-electron chi connectivity index (χ0n) is 18.1. The van der Waals surface area contributed by atoms with Crippen molar-refractivity contribution in [2.24, 2.45) is 0 Å². The fourth-order valence-corrected chi connectivity index (χ4v) is 4.43. The van der Waals surface area contributed by atoms with Gasteiger partial charge in [-0.3, -0.25) is 9.48 Å². The predicted octanol–water partition coefficient (Wildman–Crippen LogP) is 4.84. The van der Waals surface area contributed by atoms with E-state index in [0.29, 0.717) is 6.54 Å². The molecule has 6 heteroatoms. The number of hydrogen-bond donors (Lipinski definition) is 1. The van der Waals surface area contributed by atoms with E-state index in [1.807, 2.05) is 47.3 Å². The number of hydrogen-bond acceptors (Lipinski definition) is 4. The van der Waals surface area contributed by atoms with Crippen molar-refractivity contribution in [3.8, 4) is 10.6 Å². The van der Waals surface area contributed by atoms with Gasteiger partial charge in [0.15, 0.2) is 0 Å². The van der Waals surface area contributed by atoms with Crippen LogP contribution in [0.2, 0.25) is 0 Å². The number of thiazole rings is 1. The van der Waals surface area contributed by atoms with Crippen LogP contribution < -0.4 is 5.32 Å². The Morgan fingerprint density at radius 1 is 1.06 bits per heavy atom.